The molecule has 2 atom stereocenters. The van der Waals surface area contributed by atoms with Gasteiger partial charge in [-0.25, -0.2) is 13.6 Å². The van der Waals surface area contributed by atoms with Gasteiger partial charge in [0, 0.05) is 18.5 Å². The molecular formula is C20H25F2NO5. The van der Waals surface area contributed by atoms with Gasteiger partial charge in [-0.1, -0.05) is 0 Å². The largest absolute Gasteiger partial charge is 0.466 e. The lowest BCUT2D eigenvalue weighted by molar-refractivity contribution is -0.146. The maximum atomic E-state index is 13.6. The van der Waals surface area contributed by atoms with Crippen LogP contribution in [-0.2, 0) is 19.1 Å². The van der Waals surface area contributed by atoms with Crippen LogP contribution in [0, 0.1) is 11.6 Å². The van der Waals surface area contributed by atoms with Crippen LogP contribution in [0.5, 0.6) is 0 Å². The van der Waals surface area contributed by atoms with Gasteiger partial charge < -0.3 is 9.47 Å². The van der Waals surface area contributed by atoms with Gasteiger partial charge >= 0.3 is 12.1 Å². The second-order valence-corrected chi connectivity index (χ2v) is 7.73. The first-order chi connectivity index (χ1) is 13.0. The number of ketones is 1. The van der Waals surface area contributed by atoms with Gasteiger partial charge in [0.25, 0.3) is 0 Å². The van der Waals surface area contributed by atoms with Crippen LogP contribution in [-0.4, -0.2) is 47.5 Å². The lowest BCUT2D eigenvalue weighted by Crippen LogP contribution is -2.44. The molecule has 6 nitrogen and oxygen atoms in total. The van der Waals surface area contributed by atoms with Gasteiger partial charge in [-0.15, -0.1) is 0 Å². The average Bonchev–Trinajstić information content (AvgIpc) is 2.98. The molecule has 8 heteroatoms. The number of hydrogen-bond donors (Lipinski definition) is 0. The number of amides is 1. The summed E-state index contributed by atoms with van der Waals surface area (Å²) in [6.07, 6.45) is -1.06. The third-order valence-corrected chi connectivity index (χ3v) is 4.28. The minimum Gasteiger partial charge on any atom is -0.466 e. The highest BCUT2D eigenvalue weighted by molar-refractivity contribution is 6.00. The highest BCUT2D eigenvalue weighted by Crippen LogP contribution is 2.34. The quantitative estimate of drug-likeness (QED) is 0.561. The fourth-order valence-electron chi connectivity index (χ4n) is 3.19. The number of ether oxygens (including phenoxy) is 2. The van der Waals surface area contributed by atoms with E-state index in [1.807, 2.05) is 0 Å². The van der Waals surface area contributed by atoms with Crippen LogP contribution in [0.1, 0.15) is 52.0 Å². The van der Waals surface area contributed by atoms with E-state index in [1.165, 1.54) is 17.0 Å². The summed E-state index contributed by atoms with van der Waals surface area (Å²) >= 11 is 0. The monoisotopic (exact) mass is 397 g/mol. The van der Waals surface area contributed by atoms with Crippen LogP contribution >= 0.6 is 0 Å². The molecule has 1 aliphatic rings. The normalized spacial score (nSPS) is 19.4. The van der Waals surface area contributed by atoms with E-state index in [-0.39, 0.29) is 19.6 Å². The smallest absolute Gasteiger partial charge is 0.410 e. The van der Waals surface area contributed by atoms with Crippen LogP contribution in [0.15, 0.2) is 18.2 Å². The van der Waals surface area contributed by atoms with E-state index in [9.17, 15) is 23.2 Å². The summed E-state index contributed by atoms with van der Waals surface area (Å²) < 4.78 is 37.4. The van der Waals surface area contributed by atoms with Crippen LogP contribution < -0.4 is 0 Å². The second-order valence-electron chi connectivity index (χ2n) is 7.73. The minimum absolute atomic E-state index is 0.0526. The molecule has 1 aromatic rings. The van der Waals surface area contributed by atoms with Crippen molar-refractivity contribution in [3.63, 3.8) is 0 Å². The molecule has 0 aliphatic carbocycles. The fourth-order valence-corrected chi connectivity index (χ4v) is 3.19. The summed E-state index contributed by atoms with van der Waals surface area (Å²) in [5.74, 6) is -3.12. The van der Waals surface area contributed by atoms with E-state index in [4.69, 9.17) is 9.47 Å². The van der Waals surface area contributed by atoms with E-state index in [0.29, 0.717) is 5.56 Å². The maximum absolute atomic E-state index is 13.6. The van der Waals surface area contributed by atoms with Gasteiger partial charge in [0.1, 0.15) is 23.7 Å². The third kappa shape index (κ3) is 5.74. The van der Waals surface area contributed by atoms with Crippen molar-refractivity contribution in [3.8, 4) is 0 Å². The van der Waals surface area contributed by atoms with E-state index in [1.54, 1.807) is 27.7 Å². The second kappa shape index (κ2) is 8.67. The van der Waals surface area contributed by atoms with Gasteiger partial charge in [0.15, 0.2) is 5.78 Å². The molecule has 0 N–H and O–H groups in total. The Bertz CT molecular complexity index is 739. The molecule has 0 unspecified atom stereocenters. The highest BCUT2D eigenvalue weighted by Gasteiger charge is 2.42. The molecule has 1 aromatic carbocycles. The fraction of sp³-hybridized carbons (Fsp3) is 0.550. The predicted molar refractivity (Wildman–Crippen MR) is 96.7 cm³/mol. The Morgan fingerprint density at radius 3 is 2.29 bits per heavy atom. The topological polar surface area (TPSA) is 72.9 Å². The lowest BCUT2D eigenvalue weighted by atomic mass is 9.94. The predicted octanol–water partition coefficient (Wildman–Crippen LogP) is 3.58. The van der Waals surface area contributed by atoms with Crippen molar-refractivity contribution in [2.45, 2.75) is 58.1 Å². The third-order valence-electron chi connectivity index (χ3n) is 4.28. The van der Waals surface area contributed by atoms with Crippen LogP contribution in [0.3, 0.4) is 0 Å². The van der Waals surface area contributed by atoms with E-state index >= 15 is 0 Å². The number of hydrogen-bond acceptors (Lipinski definition) is 5. The summed E-state index contributed by atoms with van der Waals surface area (Å²) in [5.41, 5.74) is -0.438. The maximum Gasteiger partial charge on any atom is 0.410 e. The lowest BCUT2D eigenvalue weighted by Gasteiger charge is -2.27. The Morgan fingerprint density at radius 1 is 1.14 bits per heavy atom. The molecule has 154 valence electrons. The van der Waals surface area contributed by atoms with Gasteiger partial charge in [-0.2, -0.15) is 0 Å². The minimum atomic E-state index is -0.935. The summed E-state index contributed by atoms with van der Waals surface area (Å²) in [6.45, 7) is 6.88. The number of halogens is 2. The van der Waals surface area contributed by atoms with Crippen molar-refractivity contribution in [1.82, 2.24) is 4.90 Å². The Kier molecular flexibility index (Phi) is 6.74. The zero-order chi connectivity index (χ0) is 21.1. The Balaban J connectivity index is 2.26. The van der Waals surface area contributed by atoms with Crippen molar-refractivity contribution >= 4 is 17.8 Å². The molecule has 1 saturated heterocycles. The molecule has 1 aliphatic heterocycles. The van der Waals surface area contributed by atoms with Crippen molar-refractivity contribution in [2.24, 2.45) is 0 Å². The molecule has 1 heterocycles. The Morgan fingerprint density at radius 2 is 1.75 bits per heavy atom. The molecule has 28 heavy (non-hydrogen) atoms. The first kappa shape index (κ1) is 21.8. The van der Waals surface area contributed by atoms with E-state index in [2.05, 4.69) is 0 Å². The van der Waals surface area contributed by atoms with Gasteiger partial charge in [-0.05, 0) is 51.8 Å². The summed E-state index contributed by atoms with van der Waals surface area (Å²) in [5, 5.41) is 0. The SMILES string of the molecule is CCOC(=O)CC(=O)[C@@H]1C[C@@H](c2cc(F)cc(F)c2)CN1C(=O)OC(C)(C)C. The standard InChI is InChI=1S/C20H25F2NO5/c1-5-27-18(25)10-17(24)16-8-13(12-6-14(21)9-15(22)7-12)11-23(16)19(26)28-20(2,3)4/h6-7,9,13,16H,5,8,10-11H2,1-4H3/t13-,16+/m1/s1. The average molecular weight is 397 g/mol. The number of carbonyl (C=O) groups is 3. The van der Waals surface area contributed by atoms with Gasteiger partial charge in [-0.3, -0.25) is 14.5 Å². The van der Waals surface area contributed by atoms with E-state index in [0.717, 1.165) is 6.07 Å². The number of rotatable bonds is 5. The molecule has 0 spiro atoms. The van der Waals surface area contributed by atoms with Gasteiger partial charge in [0.05, 0.1) is 12.6 Å². The molecule has 0 radical (unpaired) electrons. The van der Waals surface area contributed by atoms with Crippen LogP contribution in [0.4, 0.5) is 13.6 Å². The summed E-state index contributed by atoms with van der Waals surface area (Å²) in [7, 11) is 0. The molecule has 0 bridgehead atoms. The van der Waals surface area contributed by atoms with Crippen molar-refractivity contribution in [2.75, 3.05) is 13.2 Å². The van der Waals surface area contributed by atoms with Crippen molar-refractivity contribution in [1.29, 1.82) is 0 Å². The number of benzene rings is 1. The summed E-state index contributed by atoms with van der Waals surface area (Å²) in [4.78, 5) is 38.1. The number of carbonyl (C=O) groups excluding carboxylic acids is 3. The van der Waals surface area contributed by atoms with Gasteiger partial charge in [0.2, 0.25) is 0 Å². The van der Waals surface area contributed by atoms with Crippen molar-refractivity contribution in [3.05, 3.63) is 35.4 Å². The first-order valence-corrected chi connectivity index (χ1v) is 9.14. The Labute approximate surface area is 162 Å². The molecule has 0 aromatic heterocycles. The molecule has 1 amide bonds. The zero-order valence-corrected chi connectivity index (χ0v) is 16.5. The number of likely N-dealkylation sites (tertiary alicyclic amines) is 1. The number of esters is 1. The molecule has 1 fully saturated rings. The summed E-state index contributed by atoms with van der Waals surface area (Å²) in [6, 6.07) is 2.18. The Hall–Kier alpha value is -2.51. The van der Waals surface area contributed by atoms with Crippen LogP contribution in [0.2, 0.25) is 0 Å². The number of Topliss-reactive ketones (excluding diaryl/α,β-unsaturated/α-hetero) is 1. The highest BCUT2D eigenvalue weighted by atomic mass is 19.1. The van der Waals surface area contributed by atoms with Crippen LogP contribution in [0.25, 0.3) is 0 Å². The zero-order valence-electron chi connectivity index (χ0n) is 16.5. The van der Waals surface area contributed by atoms with Crippen molar-refractivity contribution < 1.29 is 32.6 Å². The molecule has 0 saturated carbocycles. The number of nitrogens with zero attached hydrogens (tertiary/aromatic N) is 1. The first-order valence-electron chi connectivity index (χ1n) is 9.14. The molecule has 2 rings (SSSR count). The van der Waals surface area contributed by atoms with E-state index < -0.39 is 53.5 Å². The molecular weight excluding hydrogens is 372 g/mol.